The van der Waals surface area contributed by atoms with Crippen molar-refractivity contribution in [1.29, 1.82) is 0 Å². The minimum absolute atomic E-state index is 0.276. The zero-order chi connectivity index (χ0) is 20.9. The summed E-state index contributed by atoms with van der Waals surface area (Å²) in [4.78, 5) is 14.5. The van der Waals surface area contributed by atoms with E-state index in [1.807, 2.05) is 52.0 Å². The van der Waals surface area contributed by atoms with Crippen molar-refractivity contribution >= 4 is 18.7 Å². The van der Waals surface area contributed by atoms with Gasteiger partial charge < -0.3 is 19.5 Å². The van der Waals surface area contributed by atoms with Crippen molar-refractivity contribution in [2.75, 3.05) is 7.11 Å². The van der Waals surface area contributed by atoms with Crippen molar-refractivity contribution in [2.45, 2.75) is 45.9 Å². The molecule has 2 aromatic carbocycles. The van der Waals surface area contributed by atoms with Crippen LogP contribution in [0.5, 0.6) is 5.75 Å². The van der Waals surface area contributed by atoms with E-state index in [0.717, 1.165) is 16.9 Å². The van der Waals surface area contributed by atoms with E-state index in [2.05, 4.69) is 0 Å². The number of hydrogen-bond donors (Lipinski definition) is 2. The highest BCUT2D eigenvalue weighted by Crippen LogP contribution is 2.25. The average molecular weight is 385 g/mol. The third-order valence-electron chi connectivity index (χ3n) is 4.32. The van der Waals surface area contributed by atoms with E-state index < -0.39 is 18.8 Å². The third-order valence-corrected chi connectivity index (χ3v) is 4.32. The van der Waals surface area contributed by atoms with Crippen molar-refractivity contribution in [3.8, 4) is 5.75 Å². The Balaban J connectivity index is 2.28. The summed E-state index contributed by atoms with van der Waals surface area (Å²) in [6.07, 6.45) is -0.415. The number of benzene rings is 2. The van der Waals surface area contributed by atoms with E-state index in [9.17, 15) is 14.8 Å². The maximum Gasteiger partial charge on any atom is 0.488 e. The number of methoxy groups -OCH3 is 1. The van der Waals surface area contributed by atoms with Gasteiger partial charge in [0.25, 0.3) is 0 Å². The molecule has 2 aromatic rings. The van der Waals surface area contributed by atoms with Gasteiger partial charge >= 0.3 is 13.2 Å². The lowest BCUT2D eigenvalue weighted by atomic mass is 9.80. The molecule has 0 fully saturated rings. The van der Waals surface area contributed by atoms with E-state index in [0.29, 0.717) is 12.0 Å². The van der Waals surface area contributed by atoms with Crippen molar-refractivity contribution in [1.82, 2.24) is 4.90 Å². The van der Waals surface area contributed by atoms with Gasteiger partial charge in [-0.15, -0.1) is 0 Å². The van der Waals surface area contributed by atoms with Crippen LogP contribution in [-0.2, 0) is 11.3 Å². The van der Waals surface area contributed by atoms with Gasteiger partial charge in [0.15, 0.2) is 0 Å². The van der Waals surface area contributed by atoms with Gasteiger partial charge in [-0.1, -0.05) is 36.4 Å². The maximum absolute atomic E-state index is 12.9. The highest BCUT2D eigenvalue weighted by Gasteiger charge is 2.27. The highest BCUT2D eigenvalue weighted by molar-refractivity contribution is 6.58. The van der Waals surface area contributed by atoms with Crippen LogP contribution in [0.2, 0.25) is 0 Å². The molecule has 2 rings (SSSR count). The molecular weight excluding hydrogens is 357 g/mol. The Bertz CT molecular complexity index is 769. The van der Waals surface area contributed by atoms with Crippen LogP contribution in [0, 0.1) is 0 Å². The predicted molar refractivity (Wildman–Crippen MR) is 109 cm³/mol. The first-order valence-electron chi connectivity index (χ1n) is 9.19. The quantitative estimate of drug-likeness (QED) is 0.748. The number of carbonyl (C=O) groups is 1. The van der Waals surface area contributed by atoms with Crippen LogP contribution < -0.4 is 10.2 Å². The Morgan fingerprint density at radius 1 is 1.07 bits per heavy atom. The summed E-state index contributed by atoms with van der Waals surface area (Å²) < 4.78 is 10.8. The first-order chi connectivity index (χ1) is 13.1. The number of amides is 1. The molecule has 0 spiro atoms. The fraction of sp³-hybridized carbons (Fsp3) is 0.381. The van der Waals surface area contributed by atoms with Gasteiger partial charge in [0.1, 0.15) is 11.4 Å². The van der Waals surface area contributed by atoms with Gasteiger partial charge in [0.2, 0.25) is 0 Å². The molecule has 0 unspecified atom stereocenters. The minimum Gasteiger partial charge on any atom is -0.497 e. The molecule has 1 amide bonds. The summed E-state index contributed by atoms with van der Waals surface area (Å²) in [6, 6.07) is 14.1. The molecule has 0 aliphatic heterocycles. The Hall–Kier alpha value is -2.51. The molecule has 7 heteroatoms. The summed E-state index contributed by atoms with van der Waals surface area (Å²) in [7, 11) is 0.0856. The van der Waals surface area contributed by atoms with Crippen LogP contribution in [-0.4, -0.2) is 40.9 Å². The molecule has 0 aromatic heterocycles. The largest absolute Gasteiger partial charge is 0.497 e. The molecule has 1 atom stereocenters. The second-order valence-electron chi connectivity index (χ2n) is 7.67. The van der Waals surface area contributed by atoms with Gasteiger partial charge in [-0.05, 0) is 56.4 Å². The summed E-state index contributed by atoms with van der Waals surface area (Å²) in [5.41, 5.74) is 1.60. The topological polar surface area (TPSA) is 79.2 Å². The van der Waals surface area contributed by atoms with E-state index in [1.165, 1.54) is 0 Å². The van der Waals surface area contributed by atoms with Gasteiger partial charge in [-0.2, -0.15) is 0 Å². The lowest BCUT2D eigenvalue weighted by Gasteiger charge is -2.32. The Kier molecular flexibility index (Phi) is 7.10. The Labute approximate surface area is 166 Å². The van der Waals surface area contributed by atoms with Crippen LogP contribution in [0.15, 0.2) is 48.5 Å². The highest BCUT2D eigenvalue weighted by atomic mass is 16.6. The number of nitrogens with zero attached hydrogens (tertiary/aromatic N) is 1. The van der Waals surface area contributed by atoms with Crippen molar-refractivity contribution in [3.63, 3.8) is 0 Å². The van der Waals surface area contributed by atoms with E-state index in [4.69, 9.17) is 9.47 Å². The fourth-order valence-corrected chi connectivity index (χ4v) is 2.73. The first kappa shape index (κ1) is 21.8. The second kappa shape index (κ2) is 9.12. The zero-order valence-electron chi connectivity index (χ0n) is 17.0. The SMILES string of the molecule is COc1ccc(CN(C(=O)OC(C)(C)C)[C@H](C)c2ccc(B(O)O)cc2)cc1. The van der Waals surface area contributed by atoms with E-state index in [-0.39, 0.29) is 6.04 Å². The Morgan fingerprint density at radius 3 is 2.11 bits per heavy atom. The van der Waals surface area contributed by atoms with Gasteiger partial charge in [-0.3, -0.25) is 4.90 Å². The summed E-state index contributed by atoms with van der Waals surface area (Å²) in [5, 5.41) is 18.6. The fourth-order valence-electron chi connectivity index (χ4n) is 2.73. The summed E-state index contributed by atoms with van der Waals surface area (Å²) in [5.74, 6) is 0.749. The van der Waals surface area contributed by atoms with Crippen LogP contribution in [0.1, 0.15) is 44.9 Å². The van der Waals surface area contributed by atoms with Crippen molar-refractivity contribution in [3.05, 3.63) is 59.7 Å². The first-order valence-corrected chi connectivity index (χ1v) is 9.19. The molecule has 0 saturated carbocycles. The molecule has 0 saturated heterocycles. The van der Waals surface area contributed by atoms with Crippen LogP contribution in [0.3, 0.4) is 0 Å². The van der Waals surface area contributed by atoms with Gasteiger partial charge in [0.05, 0.1) is 13.2 Å². The molecular formula is C21H28BNO5. The molecule has 0 aliphatic carbocycles. The lowest BCUT2D eigenvalue weighted by Crippen LogP contribution is -2.38. The molecule has 150 valence electrons. The summed E-state index contributed by atoms with van der Waals surface area (Å²) >= 11 is 0. The molecule has 0 bridgehead atoms. The van der Waals surface area contributed by atoms with Crippen LogP contribution in [0.25, 0.3) is 0 Å². The lowest BCUT2D eigenvalue weighted by molar-refractivity contribution is 0.0153. The standard InChI is InChI=1S/C21H28BNO5/c1-15(17-8-10-18(11-9-17)22(25)26)23(20(24)28-21(2,3)4)14-16-6-12-19(27-5)13-7-16/h6-13,15,25-26H,14H2,1-5H3/t15-/m1/s1. The number of hydrogen-bond acceptors (Lipinski definition) is 5. The van der Waals surface area contributed by atoms with E-state index >= 15 is 0 Å². The van der Waals surface area contributed by atoms with Crippen LogP contribution in [0.4, 0.5) is 4.79 Å². The van der Waals surface area contributed by atoms with Crippen LogP contribution >= 0.6 is 0 Å². The molecule has 2 N–H and O–H groups in total. The number of carbonyl (C=O) groups excluding carboxylic acids is 1. The Morgan fingerprint density at radius 2 is 1.64 bits per heavy atom. The molecule has 0 aliphatic rings. The van der Waals surface area contributed by atoms with Gasteiger partial charge in [-0.25, -0.2) is 4.79 Å². The number of ether oxygens (including phenoxy) is 2. The normalized spacial score (nSPS) is 12.2. The smallest absolute Gasteiger partial charge is 0.488 e. The van der Waals surface area contributed by atoms with Crippen molar-refractivity contribution in [2.24, 2.45) is 0 Å². The average Bonchev–Trinajstić information content (AvgIpc) is 2.64. The molecule has 0 heterocycles. The molecule has 28 heavy (non-hydrogen) atoms. The zero-order valence-corrected chi connectivity index (χ0v) is 17.0. The number of rotatable bonds is 6. The van der Waals surface area contributed by atoms with Crippen molar-refractivity contribution < 1.29 is 24.3 Å². The third kappa shape index (κ3) is 6.01. The minimum atomic E-state index is -1.52. The molecule has 0 radical (unpaired) electrons. The predicted octanol–water partition coefficient (Wildman–Crippen LogP) is 2.87. The maximum atomic E-state index is 12.9. The molecule has 6 nitrogen and oxygen atoms in total. The van der Waals surface area contributed by atoms with E-state index in [1.54, 1.807) is 36.3 Å². The summed E-state index contributed by atoms with van der Waals surface area (Å²) in [6.45, 7) is 7.78. The monoisotopic (exact) mass is 385 g/mol. The van der Waals surface area contributed by atoms with Gasteiger partial charge in [0, 0.05) is 6.54 Å². The second-order valence-corrected chi connectivity index (χ2v) is 7.67.